The van der Waals surface area contributed by atoms with Crippen LogP contribution in [0.5, 0.6) is 0 Å². The van der Waals surface area contributed by atoms with Crippen molar-refractivity contribution in [2.75, 3.05) is 0 Å². The summed E-state index contributed by atoms with van der Waals surface area (Å²) in [6.07, 6.45) is 0. The van der Waals surface area contributed by atoms with Crippen LogP contribution in [0, 0.1) is 0 Å². The normalized spacial score (nSPS) is 11.1. The summed E-state index contributed by atoms with van der Waals surface area (Å²) < 4.78 is 4.94. The molecule has 0 saturated heterocycles. The van der Waals surface area contributed by atoms with Crippen molar-refractivity contribution in [1.29, 1.82) is 0 Å². The van der Waals surface area contributed by atoms with E-state index in [0.717, 1.165) is 16.3 Å². The monoisotopic (exact) mass is 247 g/mol. The van der Waals surface area contributed by atoms with Crippen LogP contribution in [0.4, 0.5) is 0 Å². The van der Waals surface area contributed by atoms with Gasteiger partial charge in [-0.2, -0.15) is 0 Å². The molecule has 3 aromatic rings. The second-order valence-electron chi connectivity index (χ2n) is 3.56. The zero-order valence-corrected chi connectivity index (χ0v) is 9.58. The third kappa shape index (κ3) is 1.77. The molecule has 3 N–H and O–H groups in total. The highest BCUT2D eigenvalue weighted by Crippen LogP contribution is 2.24. The van der Waals surface area contributed by atoms with Gasteiger partial charge in [0.1, 0.15) is 5.01 Å². The number of H-pyrrole nitrogens is 1. The van der Waals surface area contributed by atoms with Crippen molar-refractivity contribution in [3.63, 3.8) is 0 Å². The van der Waals surface area contributed by atoms with Gasteiger partial charge in [-0.1, -0.05) is 0 Å². The van der Waals surface area contributed by atoms with E-state index in [1.807, 2.05) is 17.5 Å². The van der Waals surface area contributed by atoms with Crippen LogP contribution in [-0.2, 0) is 6.54 Å². The molecule has 0 saturated carbocycles. The van der Waals surface area contributed by atoms with Crippen LogP contribution < -0.4 is 11.5 Å². The molecule has 0 aliphatic carbocycles. The van der Waals surface area contributed by atoms with Gasteiger partial charge in [-0.05, 0) is 18.2 Å². The standard InChI is InChI=1S/C11H9N3O2S/c12-4-10-13-8(5-17-10)6-1-2-9-7(3-6)14-11(15)16-9/h1-3,5H,4,12H2,(H,14,15). The number of hydrogen-bond acceptors (Lipinski definition) is 5. The lowest BCUT2D eigenvalue weighted by Gasteiger charge is -1.95. The van der Waals surface area contributed by atoms with E-state index in [4.69, 9.17) is 10.2 Å². The van der Waals surface area contributed by atoms with Gasteiger partial charge in [-0.15, -0.1) is 11.3 Å². The maximum Gasteiger partial charge on any atom is 0.417 e. The van der Waals surface area contributed by atoms with Crippen LogP contribution in [0.3, 0.4) is 0 Å². The van der Waals surface area contributed by atoms with Crippen molar-refractivity contribution < 1.29 is 4.42 Å². The number of fused-ring (bicyclic) bond motifs is 1. The summed E-state index contributed by atoms with van der Waals surface area (Å²) in [5.41, 5.74) is 8.54. The van der Waals surface area contributed by atoms with Crippen LogP contribution in [0.1, 0.15) is 5.01 Å². The molecule has 3 rings (SSSR count). The van der Waals surface area contributed by atoms with Crippen molar-refractivity contribution in [2.24, 2.45) is 5.73 Å². The smallest absolute Gasteiger partial charge is 0.408 e. The van der Waals surface area contributed by atoms with E-state index in [2.05, 4.69) is 9.97 Å². The molecule has 86 valence electrons. The number of aromatic amines is 1. The van der Waals surface area contributed by atoms with E-state index in [0.29, 0.717) is 17.6 Å². The van der Waals surface area contributed by atoms with Gasteiger partial charge < -0.3 is 10.2 Å². The van der Waals surface area contributed by atoms with Gasteiger partial charge in [0.2, 0.25) is 0 Å². The fraction of sp³-hybridized carbons (Fsp3) is 0.0909. The van der Waals surface area contributed by atoms with Gasteiger partial charge in [-0.3, -0.25) is 4.98 Å². The average Bonchev–Trinajstić information content (AvgIpc) is 2.92. The lowest BCUT2D eigenvalue weighted by Crippen LogP contribution is -1.94. The Morgan fingerprint density at radius 1 is 1.47 bits per heavy atom. The van der Waals surface area contributed by atoms with Gasteiger partial charge in [0.15, 0.2) is 5.58 Å². The van der Waals surface area contributed by atoms with Crippen molar-refractivity contribution in [1.82, 2.24) is 9.97 Å². The zero-order valence-electron chi connectivity index (χ0n) is 8.77. The number of aromatic nitrogens is 2. The Hall–Kier alpha value is -1.92. The topological polar surface area (TPSA) is 84.9 Å². The first-order chi connectivity index (χ1) is 8.26. The van der Waals surface area contributed by atoms with Crippen LogP contribution in [-0.4, -0.2) is 9.97 Å². The van der Waals surface area contributed by atoms with Crippen molar-refractivity contribution in [2.45, 2.75) is 6.54 Å². The summed E-state index contributed by atoms with van der Waals surface area (Å²) in [4.78, 5) is 18.0. The fourth-order valence-corrected chi connectivity index (χ4v) is 2.33. The largest absolute Gasteiger partial charge is 0.417 e. The molecule has 0 aliphatic heterocycles. The number of nitrogens with zero attached hydrogens (tertiary/aromatic N) is 1. The molecule has 5 nitrogen and oxygen atoms in total. The van der Waals surface area contributed by atoms with E-state index in [1.165, 1.54) is 11.3 Å². The number of hydrogen-bond donors (Lipinski definition) is 2. The minimum Gasteiger partial charge on any atom is -0.408 e. The molecule has 17 heavy (non-hydrogen) atoms. The second kappa shape index (κ2) is 3.83. The molecule has 0 radical (unpaired) electrons. The van der Waals surface area contributed by atoms with Gasteiger partial charge in [0.05, 0.1) is 11.2 Å². The molecular formula is C11H9N3O2S. The third-order valence-electron chi connectivity index (χ3n) is 2.44. The molecule has 0 fully saturated rings. The lowest BCUT2D eigenvalue weighted by molar-refractivity contribution is 0.555. The zero-order chi connectivity index (χ0) is 11.8. The SMILES string of the molecule is NCc1nc(-c2ccc3oc(=O)[nH]c3c2)cs1. The van der Waals surface area contributed by atoms with E-state index < -0.39 is 5.76 Å². The van der Waals surface area contributed by atoms with E-state index in [1.54, 1.807) is 6.07 Å². The van der Waals surface area contributed by atoms with Crippen molar-refractivity contribution in [3.8, 4) is 11.3 Å². The molecule has 0 amide bonds. The van der Waals surface area contributed by atoms with Crippen molar-refractivity contribution >= 4 is 22.4 Å². The summed E-state index contributed by atoms with van der Waals surface area (Å²) in [7, 11) is 0. The highest BCUT2D eigenvalue weighted by molar-refractivity contribution is 7.09. The average molecular weight is 247 g/mol. The highest BCUT2D eigenvalue weighted by atomic mass is 32.1. The van der Waals surface area contributed by atoms with Gasteiger partial charge in [0, 0.05) is 17.5 Å². The minimum atomic E-state index is -0.446. The van der Waals surface area contributed by atoms with Crippen LogP contribution in [0.25, 0.3) is 22.4 Å². The highest BCUT2D eigenvalue weighted by Gasteiger charge is 2.06. The number of benzene rings is 1. The van der Waals surface area contributed by atoms with Crippen LogP contribution in [0.2, 0.25) is 0 Å². The maximum absolute atomic E-state index is 11.0. The molecule has 0 atom stereocenters. The Morgan fingerprint density at radius 2 is 2.35 bits per heavy atom. The van der Waals surface area contributed by atoms with E-state index in [9.17, 15) is 4.79 Å². The molecule has 0 bridgehead atoms. The summed E-state index contributed by atoms with van der Waals surface area (Å²) in [5, 5.41) is 2.84. The minimum absolute atomic E-state index is 0.440. The predicted octanol–water partition coefficient (Wildman–Crippen LogP) is 1.70. The molecule has 6 heteroatoms. The van der Waals surface area contributed by atoms with Crippen molar-refractivity contribution in [3.05, 3.63) is 39.1 Å². The Balaban J connectivity index is 2.13. The summed E-state index contributed by atoms with van der Waals surface area (Å²) in [6, 6.07) is 5.47. The molecule has 0 spiro atoms. The maximum atomic E-state index is 11.0. The first-order valence-electron chi connectivity index (χ1n) is 5.04. The number of nitrogens with two attached hydrogens (primary N) is 1. The third-order valence-corrected chi connectivity index (χ3v) is 3.31. The van der Waals surface area contributed by atoms with E-state index >= 15 is 0 Å². The molecule has 0 aliphatic rings. The Kier molecular flexibility index (Phi) is 2.31. The first-order valence-corrected chi connectivity index (χ1v) is 5.92. The number of thiazole rings is 1. The lowest BCUT2D eigenvalue weighted by atomic mass is 10.1. The molecular weight excluding hydrogens is 238 g/mol. The fourth-order valence-electron chi connectivity index (χ4n) is 1.65. The quantitative estimate of drug-likeness (QED) is 0.721. The van der Waals surface area contributed by atoms with Crippen LogP contribution >= 0.6 is 11.3 Å². The summed E-state index contributed by atoms with van der Waals surface area (Å²) >= 11 is 1.52. The first kappa shape index (κ1) is 10.2. The van der Waals surface area contributed by atoms with Gasteiger partial charge in [-0.25, -0.2) is 9.78 Å². The number of nitrogens with one attached hydrogen (secondary N) is 1. The van der Waals surface area contributed by atoms with Gasteiger partial charge in [0.25, 0.3) is 0 Å². The number of oxazole rings is 1. The summed E-state index contributed by atoms with van der Waals surface area (Å²) in [6.45, 7) is 0.440. The second-order valence-corrected chi connectivity index (χ2v) is 4.50. The Labute approximate surface area is 99.9 Å². The molecule has 2 aromatic heterocycles. The summed E-state index contributed by atoms with van der Waals surface area (Å²) in [5.74, 6) is -0.446. The molecule has 0 unspecified atom stereocenters. The Bertz CT molecular complexity index is 725. The van der Waals surface area contributed by atoms with E-state index in [-0.39, 0.29) is 0 Å². The van der Waals surface area contributed by atoms with Crippen LogP contribution in [0.15, 0.2) is 32.8 Å². The Morgan fingerprint density at radius 3 is 3.12 bits per heavy atom. The van der Waals surface area contributed by atoms with Gasteiger partial charge >= 0.3 is 5.76 Å². The molecule has 2 heterocycles. The molecule has 1 aromatic carbocycles. The number of rotatable bonds is 2. The predicted molar refractivity (Wildman–Crippen MR) is 65.8 cm³/mol.